The largest absolute Gasteiger partial charge is 0.465 e. The van der Waals surface area contributed by atoms with Gasteiger partial charge in [-0.1, -0.05) is 60.7 Å². The van der Waals surface area contributed by atoms with Crippen LogP contribution in [0.15, 0.2) is 72.8 Å². The number of fused-ring (bicyclic) bond motifs is 3. The third kappa shape index (κ3) is 2.41. The maximum absolute atomic E-state index is 9.32. The fourth-order valence-corrected chi connectivity index (χ4v) is 3.45. The van der Waals surface area contributed by atoms with E-state index in [2.05, 4.69) is 60.7 Å². The van der Waals surface area contributed by atoms with Crippen molar-refractivity contribution >= 4 is 0 Å². The van der Waals surface area contributed by atoms with Gasteiger partial charge in [0.05, 0.1) is 0 Å². The molecular formula is C21H18O2. The third-order valence-electron chi connectivity index (χ3n) is 4.35. The Morgan fingerprint density at radius 2 is 1.30 bits per heavy atom. The summed E-state index contributed by atoms with van der Waals surface area (Å²) in [6.07, 6.45) is -0.797. The molecule has 0 saturated heterocycles. The number of aliphatic hydroxyl groups is 1. The molecule has 0 heterocycles. The molecule has 0 spiro atoms. The number of rotatable bonds is 3. The lowest BCUT2D eigenvalue weighted by molar-refractivity contribution is -0.000303. The molecule has 1 atom stereocenters. The van der Waals surface area contributed by atoms with E-state index in [4.69, 9.17) is 4.74 Å². The van der Waals surface area contributed by atoms with E-state index in [0.29, 0.717) is 5.75 Å². The normalized spacial score (nSPS) is 14.2. The van der Waals surface area contributed by atoms with E-state index in [9.17, 15) is 5.11 Å². The number of aliphatic hydroxyl groups excluding tert-OH is 1. The zero-order chi connectivity index (χ0) is 15.8. The second-order valence-corrected chi connectivity index (χ2v) is 5.89. The molecule has 114 valence electrons. The van der Waals surface area contributed by atoms with Crippen molar-refractivity contribution in [1.82, 2.24) is 0 Å². The molecule has 1 unspecified atom stereocenters. The predicted octanol–water partition coefficient (Wildman–Crippen LogP) is 4.56. The molecule has 1 N–H and O–H groups in total. The van der Waals surface area contributed by atoms with Crippen LogP contribution in [0.2, 0.25) is 0 Å². The SMILES string of the molecule is CC(O)Oc1ccc(C2c3ccccc3-c3ccccc32)cc1. The van der Waals surface area contributed by atoms with E-state index in [1.165, 1.54) is 27.8 Å². The number of hydrogen-bond donors (Lipinski definition) is 1. The lowest BCUT2D eigenvalue weighted by atomic mass is 9.89. The molecule has 0 fully saturated rings. The molecule has 3 aromatic rings. The minimum Gasteiger partial charge on any atom is -0.465 e. The first-order valence-corrected chi connectivity index (χ1v) is 7.87. The van der Waals surface area contributed by atoms with Crippen molar-refractivity contribution in [3.05, 3.63) is 89.5 Å². The minimum atomic E-state index is -0.797. The van der Waals surface area contributed by atoms with E-state index >= 15 is 0 Å². The fourth-order valence-electron chi connectivity index (χ4n) is 3.45. The van der Waals surface area contributed by atoms with Crippen molar-refractivity contribution in [3.63, 3.8) is 0 Å². The summed E-state index contributed by atoms with van der Waals surface area (Å²) >= 11 is 0. The second kappa shape index (κ2) is 5.56. The molecule has 23 heavy (non-hydrogen) atoms. The van der Waals surface area contributed by atoms with Crippen LogP contribution >= 0.6 is 0 Å². The molecule has 0 amide bonds. The lowest BCUT2D eigenvalue weighted by Gasteiger charge is -2.15. The average Bonchev–Trinajstić information content (AvgIpc) is 2.90. The van der Waals surface area contributed by atoms with Gasteiger partial charge in [-0.3, -0.25) is 0 Å². The molecule has 0 aliphatic heterocycles. The van der Waals surface area contributed by atoms with E-state index in [1.807, 2.05) is 12.1 Å². The summed E-state index contributed by atoms with van der Waals surface area (Å²) in [5.41, 5.74) is 6.56. The number of benzene rings is 3. The zero-order valence-corrected chi connectivity index (χ0v) is 12.9. The van der Waals surface area contributed by atoms with Gasteiger partial charge >= 0.3 is 0 Å². The highest BCUT2D eigenvalue weighted by Crippen LogP contribution is 2.47. The Labute approximate surface area is 136 Å². The molecule has 1 aliphatic rings. The molecular weight excluding hydrogens is 284 g/mol. The standard InChI is InChI=1S/C21H18O2/c1-14(22)23-16-12-10-15(11-13-16)21-19-8-4-2-6-17(19)18-7-3-5-9-20(18)21/h2-14,21-22H,1H3. The molecule has 3 aromatic carbocycles. The highest BCUT2D eigenvalue weighted by Gasteiger charge is 2.29. The van der Waals surface area contributed by atoms with Crippen molar-refractivity contribution in [3.8, 4) is 16.9 Å². The quantitative estimate of drug-likeness (QED) is 0.562. The Morgan fingerprint density at radius 3 is 1.83 bits per heavy atom. The van der Waals surface area contributed by atoms with Crippen LogP contribution in [0.3, 0.4) is 0 Å². The van der Waals surface area contributed by atoms with Gasteiger partial charge in [0.15, 0.2) is 6.29 Å². The van der Waals surface area contributed by atoms with Crippen LogP contribution in [0.5, 0.6) is 5.75 Å². The highest BCUT2D eigenvalue weighted by atomic mass is 16.6. The smallest absolute Gasteiger partial charge is 0.194 e. The summed E-state index contributed by atoms with van der Waals surface area (Å²) in [5, 5.41) is 9.32. The van der Waals surface area contributed by atoms with Crippen molar-refractivity contribution in [2.24, 2.45) is 0 Å². The first-order valence-electron chi connectivity index (χ1n) is 7.87. The topological polar surface area (TPSA) is 29.5 Å². The predicted molar refractivity (Wildman–Crippen MR) is 91.6 cm³/mol. The summed E-state index contributed by atoms with van der Waals surface area (Å²) in [6, 6.07) is 25.2. The molecule has 2 heteroatoms. The Kier molecular flexibility index (Phi) is 3.40. The summed E-state index contributed by atoms with van der Waals surface area (Å²) in [6.45, 7) is 1.61. The van der Waals surface area contributed by atoms with E-state index in [1.54, 1.807) is 6.92 Å². The van der Waals surface area contributed by atoms with E-state index < -0.39 is 6.29 Å². The summed E-state index contributed by atoms with van der Waals surface area (Å²) < 4.78 is 5.33. The van der Waals surface area contributed by atoms with Crippen molar-refractivity contribution in [2.45, 2.75) is 19.1 Å². The Bertz CT molecular complexity index is 789. The molecule has 1 aliphatic carbocycles. The van der Waals surface area contributed by atoms with Gasteiger partial charge in [0.25, 0.3) is 0 Å². The van der Waals surface area contributed by atoms with Crippen LogP contribution in [0.4, 0.5) is 0 Å². The van der Waals surface area contributed by atoms with E-state index in [-0.39, 0.29) is 5.92 Å². The van der Waals surface area contributed by atoms with Crippen LogP contribution < -0.4 is 4.74 Å². The van der Waals surface area contributed by atoms with Gasteiger partial charge in [-0.25, -0.2) is 0 Å². The van der Waals surface area contributed by atoms with Crippen LogP contribution in [-0.2, 0) is 0 Å². The first-order chi connectivity index (χ1) is 11.2. The maximum Gasteiger partial charge on any atom is 0.194 e. The lowest BCUT2D eigenvalue weighted by Crippen LogP contribution is -2.09. The fraction of sp³-hybridized carbons (Fsp3) is 0.143. The van der Waals surface area contributed by atoms with E-state index in [0.717, 1.165) is 0 Å². The Balaban J connectivity index is 1.79. The maximum atomic E-state index is 9.32. The third-order valence-corrected chi connectivity index (χ3v) is 4.35. The van der Waals surface area contributed by atoms with Crippen LogP contribution in [-0.4, -0.2) is 11.4 Å². The van der Waals surface area contributed by atoms with Crippen LogP contribution in [0, 0.1) is 0 Å². The summed E-state index contributed by atoms with van der Waals surface area (Å²) in [7, 11) is 0. The van der Waals surface area contributed by atoms with Gasteiger partial charge in [-0.15, -0.1) is 0 Å². The Morgan fingerprint density at radius 1 is 0.783 bits per heavy atom. The second-order valence-electron chi connectivity index (χ2n) is 5.89. The molecule has 0 aromatic heterocycles. The van der Waals surface area contributed by atoms with Gasteiger partial charge in [-0.2, -0.15) is 0 Å². The Hall–Kier alpha value is -2.58. The summed E-state index contributed by atoms with van der Waals surface area (Å²) in [4.78, 5) is 0. The molecule has 2 nitrogen and oxygen atoms in total. The van der Waals surface area contributed by atoms with Gasteiger partial charge in [-0.05, 0) is 46.9 Å². The van der Waals surface area contributed by atoms with Crippen molar-refractivity contribution in [1.29, 1.82) is 0 Å². The van der Waals surface area contributed by atoms with Gasteiger partial charge in [0.1, 0.15) is 5.75 Å². The van der Waals surface area contributed by atoms with Crippen molar-refractivity contribution < 1.29 is 9.84 Å². The molecule has 0 bridgehead atoms. The van der Waals surface area contributed by atoms with Gasteiger partial charge in [0.2, 0.25) is 0 Å². The molecule has 4 rings (SSSR count). The van der Waals surface area contributed by atoms with Crippen LogP contribution in [0.25, 0.3) is 11.1 Å². The number of hydrogen-bond acceptors (Lipinski definition) is 2. The zero-order valence-electron chi connectivity index (χ0n) is 12.9. The molecule has 0 radical (unpaired) electrons. The van der Waals surface area contributed by atoms with Gasteiger partial charge in [0, 0.05) is 5.92 Å². The number of ether oxygens (including phenoxy) is 1. The monoisotopic (exact) mass is 302 g/mol. The minimum absolute atomic E-state index is 0.253. The molecule has 0 saturated carbocycles. The van der Waals surface area contributed by atoms with Crippen molar-refractivity contribution in [2.75, 3.05) is 0 Å². The van der Waals surface area contributed by atoms with Crippen LogP contribution in [0.1, 0.15) is 29.5 Å². The van der Waals surface area contributed by atoms with Gasteiger partial charge < -0.3 is 9.84 Å². The highest BCUT2D eigenvalue weighted by molar-refractivity contribution is 5.80. The summed E-state index contributed by atoms with van der Waals surface area (Å²) in [5.74, 6) is 0.936. The first kappa shape index (κ1) is 14.0. The average molecular weight is 302 g/mol.